The summed E-state index contributed by atoms with van der Waals surface area (Å²) in [7, 11) is 0. The largest absolute Gasteiger partial charge is 0.370 e. The maximum Gasteiger partial charge on any atom is 0.270 e. The maximum atomic E-state index is 11.2. The van der Waals surface area contributed by atoms with Gasteiger partial charge in [0.05, 0.1) is 29.7 Å². The SMILES string of the molecule is N#CCCN1CC(O)N=C(c2ccccc2)c2cc([N+](=O)[O-])ccc21. The van der Waals surface area contributed by atoms with Crippen molar-refractivity contribution in [2.75, 3.05) is 18.0 Å². The first-order chi connectivity index (χ1) is 12.1. The highest BCUT2D eigenvalue weighted by atomic mass is 16.6. The Bertz CT molecular complexity index is 858. The molecule has 25 heavy (non-hydrogen) atoms. The third kappa shape index (κ3) is 3.49. The van der Waals surface area contributed by atoms with E-state index in [1.165, 1.54) is 12.1 Å². The number of aliphatic hydroxyl groups excluding tert-OH is 1. The second-order valence-electron chi connectivity index (χ2n) is 5.64. The van der Waals surface area contributed by atoms with E-state index in [0.29, 0.717) is 17.8 Å². The summed E-state index contributed by atoms with van der Waals surface area (Å²) in [6, 6.07) is 15.9. The second-order valence-corrected chi connectivity index (χ2v) is 5.64. The number of fused-ring (bicyclic) bond motifs is 1. The summed E-state index contributed by atoms with van der Waals surface area (Å²) < 4.78 is 0. The van der Waals surface area contributed by atoms with E-state index in [2.05, 4.69) is 11.1 Å². The molecule has 2 aromatic carbocycles. The number of aliphatic hydroxyl groups is 1. The van der Waals surface area contributed by atoms with E-state index in [4.69, 9.17) is 5.26 Å². The van der Waals surface area contributed by atoms with Gasteiger partial charge >= 0.3 is 0 Å². The third-order valence-corrected chi connectivity index (χ3v) is 3.99. The van der Waals surface area contributed by atoms with Crippen molar-refractivity contribution in [2.45, 2.75) is 12.6 Å². The van der Waals surface area contributed by atoms with Gasteiger partial charge in [0, 0.05) is 35.5 Å². The summed E-state index contributed by atoms with van der Waals surface area (Å²) in [6.07, 6.45) is -0.704. The predicted molar refractivity (Wildman–Crippen MR) is 93.6 cm³/mol. The molecular formula is C18H16N4O3. The quantitative estimate of drug-likeness (QED) is 0.682. The van der Waals surface area contributed by atoms with Crippen LogP contribution in [0.3, 0.4) is 0 Å². The fourth-order valence-corrected chi connectivity index (χ4v) is 2.88. The molecule has 1 aliphatic rings. The lowest BCUT2D eigenvalue weighted by Gasteiger charge is -2.24. The molecule has 1 unspecified atom stereocenters. The van der Waals surface area contributed by atoms with Gasteiger partial charge in [0.15, 0.2) is 6.23 Å². The number of anilines is 1. The topological polar surface area (TPSA) is 103 Å². The van der Waals surface area contributed by atoms with Crippen molar-refractivity contribution in [1.82, 2.24) is 0 Å². The Balaban J connectivity index is 2.17. The Kier molecular flexibility index (Phi) is 4.73. The maximum absolute atomic E-state index is 11.2. The van der Waals surface area contributed by atoms with Gasteiger partial charge in [-0.15, -0.1) is 0 Å². The molecule has 1 N–H and O–H groups in total. The molecule has 7 heteroatoms. The number of nitro benzene ring substituents is 1. The first-order valence-corrected chi connectivity index (χ1v) is 7.82. The van der Waals surface area contributed by atoms with Crippen LogP contribution in [0.5, 0.6) is 0 Å². The highest BCUT2D eigenvalue weighted by molar-refractivity contribution is 6.16. The predicted octanol–water partition coefficient (Wildman–Crippen LogP) is 2.48. The van der Waals surface area contributed by atoms with Crippen LogP contribution in [-0.2, 0) is 0 Å². The molecule has 0 aromatic heterocycles. The van der Waals surface area contributed by atoms with E-state index >= 15 is 0 Å². The lowest BCUT2D eigenvalue weighted by atomic mass is 9.99. The summed E-state index contributed by atoms with van der Waals surface area (Å²) in [5.41, 5.74) is 2.53. The van der Waals surface area contributed by atoms with Crippen molar-refractivity contribution >= 4 is 17.1 Å². The number of nitrogens with zero attached hydrogens (tertiary/aromatic N) is 4. The monoisotopic (exact) mass is 336 g/mol. The molecule has 0 saturated carbocycles. The van der Waals surface area contributed by atoms with Crippen molar-refractivity contribution in [3.8, 4) is 6.07 Å². The van der Waals surface area contributed by atoms with Crippen LogP contribution in [0.1, 0.15) is 17.5 Å². The molecule has 2 aromatic rings. The van der Waals surface area contributed by atoms with E-state index in [0.717, 1.165) is 11.3 Å². The fraction of sp³-hybridized carbons (Fsp3) is 0.222. The van der Waals surface area contributed by atoms with Gasteiger partial charge in [-0.2, -0.15) is 5.26 Å². The summed E-state index contributed by atoms with van der Waals surface area (Å²) in [6.45, 7) is 0.638. The summed E-state index contributed by atoms with van der Waals surface area (Å²) in [5, 5.41) is 30.4. The van der Waals surface area contributed by atoms with Crippen LogP contribution in [0.2, 0.25) is 0 Å². The van der Waals surface area contributed by atoms with Gasteiger partial charge < -0.3 is 10.0 Å². The molecule has 1 heterocycles. The molecular weight excluding hydrogens is 320 g/mol. The minimum atomic E-state index is -0.986. The number of nitriles is 1. The van der Waals surface area contributed by atoms with E-state index in [-0.39, 0.29) is 18.7 Å². The van der Waals surface area contributed by atoms with E-state index in [1.807, 2.05) is 35.2 Å². The van der Waals surface area contributed by atoms with Gasteiger partial charge in [0.2, 0.25) is 0 Å². The molecule has 1 atom stereocenters. The molecule has 0 amide bonds. The number of β-amino-alcohol motifs (C(OH)–C–C–N with tert-alkyl or cyclic N) is 1. The summed E-state index contributed by atoms with van der Waals surface area (Å²) in [5.74, 6) is 0. The first kappa shape index (κ1) is 16.6. The molecule has 7 nitrogen and oxygen atoms in total. The molecule has 126 valence electrons. The van der Waals surface area contributed by atoms with Crippen LogP contribution in [0.25, 0.3) is 0 Å². The normalized spacial score (nSPS) is 16.4. The highest BCUT2D eigenvalue weighted by Gasteiger charge is 2.25. The zero-order valence-electron chi connectivity index (χ0n) is 13.4. The average molecular weight is 336 g/mol. The average Bonchev–Trinajstić information content (AvgIpc) is 2.76. The Hall–Kier alpha value is -3.24. The molecule has 0 aliphatic carbocycles. The lowest BCUT2D eigenvalue weighted by molar-refractivity contribution is -0.384. The van der Waals surface area contributed by atoms with Gasteiger partial charge in [-0.05, 0) is 6.07 Å². The van der Waals surface area contributed by atoms with Gasteiger partial charge in [-0.25, -0.2) is 0 Å². The second kappa shape index (κ2) is 7.11. The first-order valence-electron chi connectivity index (χ1n) is 7.82. The zero-order chi connectivity index (χ0) is 17.8. The molecule has 3 rings (SSSR count). The molecule has 0 spiro atoms. The Morgan fingerprint density at radius 3 is 2.76 bits per heavy atom. The van der Waals surface area contributed by atoms with Crippen molar-refractivity contribution in [1.29, 1.82) is 5.26 Å². The molecule has 1 aliphatic heterocycles. The lowest BCUT2D eigenvalue weighted by Crippen LogP contribution is -2.31. The van der Waals surface area contributed by atoms with Gasteiger partial charge in [0.1, 0.15) is 0 Å². The Morgan fingerprint density at radius 1 is 1.32 bits per heavy atom. The molecule has 0 bridgehead atoms. The highest BCUT2D eigenvalue weighted by Crippen LogP contribution is 2.31. The smallest absolute Gasteiger partial charge is 0.270 e. The van der Waals surface area contributed by atoms with Crippen LogP contribution in [0.15, 0.2) is 53.5 Å². The molecule has 0 saturated heterocycles. The third-order valence-electron chi connectivity index (χ3n) is 3.99. The standard InChI is InChI=1S/C18H16N4O3/c19-9-4-10-21-12-17(23)20-18(13-5-2-1-3-6-13)15-11-14(22(24)25)7-8-16(15)21/h1-3,5-8,11,17,23H,4,10,12H2. The molecule has 0 fully saturated rings. The van der Waals surface area contributed by atoms with E-state index in [9.17, 15) is 15.2 Å². The number of benzene rings is 2. The number of benzodiazepines with no additional fused rings is 1. The van der Waals surface area contributed by atoms with Crippen molar-refractivity contribution in [2.24, 2.45) is 4.99 Å². The number of rotatable bonds is 4. The van der Waals surface area contributed by atoms with Crippen LogP contribution in [-0.4, -0.2) is 35.1 Å². The number of hydrogen-bond donors (Lipinski definition) is 1. The van der Waals surface area contributed by atoms with Crippen molar-refractivity contribution in [3.63, 3.8) is 0 Å². The van der Waals surface area contributed by atoms with Crippen LogP contribution in [0, 0.1) is 21.4 Å². The fourth-order valence-electron chi connectivity index (χ4n) is 2.88. The Morgan fingerprint density at radius 2 is 2.08 bits per heavy atom. The number of hydrogen-bond acceptors (Lipinski definition) is 6. The van der Waals surface area contributed by atoms with Crippen LogP contribution >= 0.6 is 0 Å². The zero-order valence-corrected chi connectivity index (χ0v) is 13.4. The number of aliphatic imine (C=N–C) groups is 1. The van der Waals surface area contributed by atoms with Crippen LogP contribution in [0.4, 0.5) is 11.4 Å². The Labute approximate surface area is 144 Å². The minimum Gasteiger partial charge on any atom is -0.370 e. The minimum absolute atomic E-state index is 0.0426. The van der Waals surface area contributed by atoms with Crippen LogP contribution < -0.4 is 4.90 Å². The van der Waals surface area contributed by atoms with Gasteiger partial charge in [-0.3, -0.25) is 15.1 Å². The van der Waals surface area contributed by atoms with Gasteiger partial charge in [0.25, 0.3) is 5.69 Å². The van der Waals surface area contributed by atoms with E-state index in [1.54, 1.807) is 6.07 Å². The van der Waals surface area contributed by atoms with Gasteiger partial charge in [-0.1, -0.05) is 30.3 Å². The molecule has 0 radical (unpaired) electrons. The number of non-ortho nitro benzene ring substituents is 1. The van der Waals surface area contributed by atoms with E-state index < -0.39 is 11.2 Å². The summed E-state index contributed by atoms with van der Waals surface area (Å²) in [4.78, 5) is 16.9. The number of nitro groups is 1. The van der Waals surface area contributed by atoms with Crippen molar-refractivity contribution in [3.05, 3.63) is 69.8 Å². The van der Waals surface area contributed by atoms with Crippen molar-refractivity contribution < 1.29 is 10.0 Å². The summed E-state index contributed by atoms with van der Waals surface area (Å²) >= 11 is 0.